The molecule has 5 heteroatoms. The summed E-state index contributed by atoms with van der Waals surface area (Å²) in [5.41, 5.74) is 0.743. The van der Waals surface area contributed by atoms with Gasteiger partial charge in [-0.15, -0.1) is 21.8 Å². The number of hydrogen-bond acceptors (Lipinski definition) is 3. The maximum atomic E-state index is 5.99. The van der Waals surface area contributed by atoms with Crippen molar-refractivity contribution in [3.05, 3.63) is 35.2 Å². The number of aromatic nitrogens is 2. The highest BCUT2D eigenvalue weighted by molar-refractivity contribution is 6.33. The number of halogens is 2. The molecule has 3 nitrogen and oxygen atoms in total. The van der Waals surface area contributed by atoms with Gasteiger partial charge in [0.05, 0.1) is 10.6 Å². The Morgan fingerprint density at radius 3 is 2.73 bits per heavy atom. The van der Waals surface area contributed by atoms with Crippen molar-refractivity contribution in [3.8, 4) is 11.5 Å². The largest absolute Gasteiger partial charge is 0.421 e. The highest BCUT2D eigenvalue weighted by Gasteiger charge is 2.10. The van der Waals surface area contributed by atoms with Crippen LogP contribution >= 0.6 is 23.2 Å². The van der Waals surface area contributed by atoms with E-state index >= 15 is 0 Å². The predicted molar refractivity (Wildman–Crippen MR) is 59.2 cm³/mol. The van der Waals surface area contributed by atoms with Gasteiger partial charge in [-0.25, -0.2) is 0 Å². The highest BCUT2D eigenvalue weighted by Crippen LogP contribution is 2.26. The van der Waals surface area contributed by atoms with Crippen molar-refractivity contribution in [3.63, 3.8) is 0 Å². The number of hydrogen-bond donors (Lipinski definition) is 0. The molecule has 2 rings (SSSR count). The summed E-state index contributed by atoms with van der Waals surface area (Å²) in [4.78, 5) is 0. The van der Waals surface area contributed by atoms with E-state index in [4.69, 9.17) is 27.6 Å². The number of rotatable bonds is 3. The first kappa shape index (κ1) is 10.5. The monoisotopic (exact) mass is 242 g/mol. The molecule has 0 aliphatic rings. The second-order valence-electron chi connectivity index (χ2n) is 2.92. The molecule has 0 saturated heterocycles. The van der Waals surface area contributed by atoms with Gasteiger partial charge in [0.2, 0.25) is 11.8 Å². The van der Waals surface area contributed by atoms with Gasteiger partial charge in [-0.1, -0.05) is 23.7 Å². The fourth-order valence-corrected chi connectivity index (χ4v) is 1.56. The Balaban J connectivity index is 2.33. The first-order chi connectivity index (χ1) is 7.31. The van der Waals surface area contributed by atoms with Crippen molar-refractivity contribution in [2.45, 2.75) is 6.42 Å². The Morgan fingerprint density at radius 2 is 2.00 bits per heavy atom. The molecular weight excluding hydrogens is 235 g/mol. The average Bonchev–Trinajstić information content (AvgIpc) is 2.68. The van der Waals surface area contributed by atoms with Crippen LogP contribution in [0.3, 0.4) is 0 Å². The van der Waals surface area contributed by atoms with Crippen LogP contribution in [-0.4, -0.2) is 16.1 Å². The molecule has 15 heavy (non-hydrogen) atoms. The van der Waals surface area contributed by atoms with Crippen molar-refractivity contribution in [1.82, 2.24) is 10.2 Å². The summed E-state index contributed by atoms with van der Waals surface area (Å²) < 4.78 is 5.40. The zero-order valence-electron chi connectivity index (χ0n) is 7.78. The third-order valence-electron chi connectivity index (χ3n) is 1.88. The quantitative estimate of drug-likeness (QED) is 0.777. The van der Waals surface area contributed by atoms with Gasteiger partial charge in [0.15, 0.2) is 0 Å². The van der Waals surface area contributed by atoms with Crippen molar-refractivity contribution in [2.24, 2.45) is 0 Å². The minimum atomic E-state index is 0.431. The summed E-state index contributed by atoms with van der Waals surface area (Å²) in [6.07, 6.45) is 0.568. The molecule has 0 aliphatic heterocycles. The van der Waals surface area contributed by atoms with Crippen LogP contribution < -0.4 is 0 Å². The maximum Gasteiger partial charge on any atom is 0.249 e. The first-order valence-corrected chi connectivity index (χ1v) is 5.36. The van der Waals surface area contributed by atoms with Gasteiger partial charge in [-0.3, -0.25) is 0 Å². The third-order valence-corrected chi connectivity index (χ3v) is 2.40. The minimum Gasteiger partial charge on any atom is -0.421 e. The summed E-state index contributed by atoms with van der Waals surface area (Å²) in [5, 5.41) is 8.37. The number of benzene rings is 1. The molecule has 0 saturated carbocycles. The molecule has 0 unspecified atom stereocenters. The molecule has 0 aliphatic carbocycles. The lowest BCUT2D eigenvalue weighted by atomic mass is 10.2. The molecule has 1 heterocycles. The van der Waals surface area contributed by atoms with Gasteiger partial charge in [0.1, 0.15) is 0 Å². The molecule has 0 N–H and O–H groups in total. The molecular formula is C10H8Cl2N2O. The average molecular weight is 243 g/mol. The lowest BCUT2D eigenvalue weighted by molar-refractivity contribution is 0.514. The molecule has 0 radical (unpaired) electrons. The van der Waals surface area contributed by atoms with Gasteiger partial charge in [-0.2, -0.15) is 0 Å². The second-order valence-corrected chi connectivity index (χ2v) is 3.70. The zero-order valence-corrected chi connectivity index (χ0v) is 9.29. The van der Waals surface area contributed by atoms with Crippen molar-refractivity contribution < 1.29 is 4.42 Å². The molecule has 1 aromatic heterocycles. The van der Waals surface area contributed by atoms with E-state index in [2.05, 4.69) is 10.2 Å². The van der Waals surface area contributed by atoms with E-state index < -0.39 is 0 Å². The lowest BCUT2D eigenvalue weighted by Gasteiger charge is -1.96. The zero-order chi connectivity index (χ0) is 10.7. The Labute approximate surface area is 97.0 Å². The normalized spacial score (nSPS) is 10.5. The summed E-state index contributed by atoms with van der Waals surface area (Å²) in [6, 6.07) is 7.33. The fourth-order valence-electron chi connectivity index (χ4n) is 1.18. The van der Waals surface area contributed by atoms with Gasteiger partial charge < -0.3 is 4.42 Å². The van der Waals surface area contributed by atoms with Crippen LogP contribution in [0.4, 0.5) is 0 Å². The first-order valence-electron chi connectivity index (χ1n) is 4.44. The fraction of sp³-hybridized carbons (Fsp3) is 0.200. The Morgan fingerprint density at radius 1 is 1.20 bits per heavy atom. The van der Waals surface area contributed by atoms with Crippen molar-refractivity contribution >= 4 is 23.2 Å². The molecule has 1 aromatic carbocycles. The van der Waals surface area contributed by atoms with Crippen molar-refractivity contribution in [1.29, 1.82) is 0 Å². The molecule has 0 fully saturated rings. The summed E-state index contributed by atoms with van der Waals surface area (Å²) in [5.74, 6) is 1.42. The number of alkyl halides is 1. The molecule has 2 aromatic rings. The van der Waals surface area contributed by atoms with E-state index in [0.29, 0.717) is 29.1 Å². The van der Waals surface area contributed by atoms with Crippen LogP contribution in [0, 0.1) is 0 Å². The number of nitrogens with zero attached hydrogens (tertiary/aromatic N) is 2. The van der Waals surface area contributed by atoms with E-state index in [1.807, 2.05) is 18.2 Å². The van der Waals surface area contributed by atoms with Gasteiger partial charge in [0, 0.05) is 12.3 Å². The van der Waals surface area contributed by atoms with E-state index in [0.717, 1.165) is 5.56 Å². The van der Waals surface area contributed by atoms with Crippen LogP contribution in [0.5, 0.6) is 0 Å². The SMILES string of the molecule is ClCCc1nnc(-c2ccccc2Cl)o1. The second kappa shape index (κ2) is 4.64. The maximum absolute atomic E-state index is 5.99. The lowest BCUT2D eigenvalue weighted by Crippen LogP contribution is -1.84. The Bertz CT molecular complexity index is 456. The Hall–Kier alpha value is -1.06. The topological polar surface area (TPSA) is 38.9 Å². The predicted octanol–water partition coefficient (Wildman–Crippen LogP) is 3.17. The smallest absolute Gasteiger partial charge is 0.249 e. The van der Waals surface area contributed by atoms with E-state index in [9.17, 15) is 0 Å². The number of aryl methyl sites for hydroxylation is 1. The van der Waals surface area contributed by atoms with Crippen LogP contribution in [0.15, 0.2) is 28.7 Å². The third kappa shape index (κ3) is 2.30. The Kier molecular flexibility index (Phi) is 3.23. The molecule has 0 atom stereocenters. The van der Waals surface area contributed by atoms with Crippen molar-refractivity contribution in [2.75, 3.05) is 5.88 Å². The minimum absolute atomic E-state index is 0.431. The van der Waals surface area contributed by atoms with Gasteiger partial charge >= 0.3 is 0 Å². The van der Waals surface area contributed by atoms with Crippen LogP contribution in [0.25, 0.3) is 11.5 Å². The molecule has 0 amide bonds. The summed E-state index contributed by atoms with van der Waals surface area (Å²) in [6.45, 7) is 0. The molecule has 0 bridgehead atoms. The van der Waals surface area contributed by atoms with E-state index in [1.54, 1.807) is 6.07 Å². The van der Waals surface area contributed by atoms with Crippen LogP contribution in [0.2, 0.25) is 5.02 Å². The van der Waals surface area contributed by atoms with Crippen LogP contribution in [0.1, 0.15) is 5.89 Å². The van der Waals surface area contributed by atoms with E-state index in [1.165, 1.54) is 0 Å². The van der Waals surface area contributed by atoms with Gasteiger partial charge in [-0.05, 0) is 12.1 Å². The van der Waals surface area contributed by atoms with Crippen LogP contribution in [-0.2, 0) is 6.42 Å². The van der Waals surface area contributed by atoms with Gasteiger partial charge in [0.25, 0.3) is 0 Å². The molecule has 0 spiro atoms. The highest BCUT2D eigenvalue weighted by atomic mass is 35.5. The summed E-state index contributed by atoms with van der Waals surface area (Å²) >= 11 is 11.6. The van der Waals surface area contributed by atoms with E-state index in [-0.39, 0.29) is 0 Å². The summed E-state index contributed by atoms with van der Waals surface area (Å²) in [7, 11) is 0. The standard InChI is InChI=1S/C10H8Cl2N2O/c11-6-5-9-13-14-10(15-9)7-3-1-2-4-8(7)12/h1-4H,5-6H2. The molecule has 78 valence electrons.